The summed E-state index contributed by atoms with van der Waals surface area (Å²) in [7, 11) is 0. The van der Waals surface area contributed by atoms with Gasteiger partial charge in [0, 0.05) is 17.9 Å². The van der Waals surface area contributed by atoms with Gasteiger partial charge in [-0.15, -0.1) is 0 Å². The van der Waals surface area contributed by atoms with Crippen LogP contribution in [0.4, 0.5) is 4.39 Å². The summed E-state index contributed by atoms with van der Waals surface area (Å²) in [5.74, 6) is -0.186. The van der Waals surface area contributed by atoms with Crippen molar-refractivity contribution in [3.63, 3.8) is 0 Å². The molecule has 4 heteroatoms. The fourth-order valence-electron chi connectivity index (χ4n) is 2.28. The highest BCUT2D eigenvalue weighted by Crippen LogP contribution is 2.27. The van der Waals surface area contributed by atoms with E-state index in [2.05, 4.69) is 36.8 Å². The second-order valence-electron chi connectivity index (χ2n) is 4.85. The Labute approximate surface area is 125 Å². The molecule has 0 bridgehead atoms. The third-order valence-corrected chi connectivity index (χ3v) is 4.71. The van der Waals surface area contributed by atoms with Crippen molar-refractivity contribution in [2.75, 3.05) is 11.9 Å². The van der Waals surface area contributed by atoms with E-state index in [0.717, 1.165) is 24.5 Å². The zero-order valence-corrected chi connectivity index (χ0v) is 13.5. The Bertz CT molecular complexity index is 393. The summed E-state index contributed by atoms with van der Waals surface area (Å²) in [5.41, 5.74) is 1.18. The lowest BCUT2D eigenvalue weighted by molar-refractivity contribution is 0.120. The molecule has 1 nitrogen and oxygen atoms in total. The lowest BCUT2D eigenvalue weighted by Gasteiger charge is -2.37. The van der Waals surface area contributed by atoms with Gasteiger partial charge in [-0.05, 0) is 59.4 Å². The maximum absolute atomic E-state index is 13.2. The molecule has 100 valence electrons. The summed E-state index contributed by atoms with van der Waals surface area (Å²) in [6.07, 6.45) is 5.14. The molecule has 0 radical (unpaired) electrons. The van der Waals surface area contributed by atoms with Gasteiger partial charge in [-0.3, -0.25) is 4.90 Å². The van der Waals surface area contributed by atoms with Crippen LogP contribution < -0.4 is 0 Å². The van der Waals surface area contributed by atoms with E-state index in [9.17, 15) is 4.39 Å². The lowest BCUT2D eigenvalue weighted by atomic mass is 9.91. The monoisotopic (exact) mass is 377 g/mol. The molecule has 0 amide bonds. The first-order valence-corrected chi connectivity index (χ1v) is 8.36. The van der Waals surface area contributed by atoms with E-state index in [-0.39, 0.29) is 5.82 Å². The van der Waals surface area contributed by atoms with Gasteiger partial charge in [0.25, 0.3) is 0 Å². The van der Waals surface area contributed by atoms with Crippen LogP contribution >= 0.6 is 31.9 Å². The predicted molar refractivity (Wildman–Crippen MR) is 80.6 cm³/mol. The summed E-state index contributed by atoms with van der Waals surface area (Å²) >= 11 is 6.75. The van der Waals surface area contributed by atoms with Crippen LogP contribution in [0.15, 0.2) is 22.7 Å². The van der Waals surface area contributed by atoms with E-state index in [1.807, 2.05) is 12.1 Å². The number of alkyl halides is 1. The van der Waals surface area contributed by atoms with Crippen molar-refractivity contribution in [3.05, 3.63) is 34.1 Å². The quantitative estimate of drug-likeness (QED) is 0.647. The van der Waals surface area contributed by atoms with Gasteiger partial charge in [-0.1, -0.05) is 28.4 Å². The molecule has 1 aromatic rings. The molecule has 0 spiro atoms. The van der Waals surface area contributed by atoms with Crippen molar-refractivity contribution in [2.45, 2.75) is 38.3 Å². The van der Waals surface area contributed by atoms with Crippen LogP contribution in [0.2, 0.25) is 0 Å². The molecule has 0 aromatic heterocycles. The SMILES string of the molecule is Fc1ccc(CN(CCCBr)C2CCC2)cc1Br. The molecule has 0 atom stereocenters. The van der Waals surface area contributed by atoms with E-state index >= 15 is 0 Å². The zero-order valence-electron chi connectivity index (χ0n) is 10.3. The largest absolute Gasteiger partial charge is 0.296 e. The van der Waals surface area contributed by atoms with Gasteiger partial charge in [0.2, 0.25) is 0 Å². The van der Waals surface area contributed by atoms with Gasteiger partial charge in [0.1, 0.15) is 5.82 Å². The number of benzene rings is 1. The minimum absolute atomic E-state index is 0.186. The summed E-state index contributed by atoms with van der Waals surface area (Å²) in [5, 5.41) is 1.04. The number of rotatable bonds is 6. The number of hydrogen-bond acceptors (Lipinski definition) is 1. The standard InChI is InChI=1S/C14H18Br2FN/c15-7-2-8-18(12-3-1-4-12)10-11-5-6-14(17)13(16)9-11/h5-6,9,12H,1-4,7-8,10H2. The molecular weight excluding hydrogens is 361 g/mol. The first-order valence-electron chi connectivity index (χ1n) is 6.44. The fraction of sp³-hybridized carbons (Fsp3) is 0.571. The molecule has 0 saturated heterocycles. The van der Waals surface area contributed by atoms with Gasteiger partial charge in [-0.25, -0.2) is 4.39 Å². The Morgan fingerprint density at radius 3 is 2.67 bits per heavy atom. The van der Waals surface area contributed by atoms with Crippen molar-refractivity contribution in [1.82, 2.24) is 4.90 Å². The fourth-order valence-corrected chi connectivity index (χ4v) is 2.95. The van der Waals surface area contributed by atoms with E-state index in [1.54, 1.807) is 6.07 Å². The van der Waals surface area contributed by atoms with Crippen molar-refractivity contribution in [2.24, 2.45) is 0 Å². The molecule has 0 heterocycles. The van der Waals surface area contributed by atoms with E-state index in [4.69, 9.17) is 0 Å². The van der Waals surface area contributed by atoms with Gasteiger partial charge >= 0.3 is 0 Å². The zero-order chi connectivity index (χ0) is 13.0. The van der Waals surface area contributed by atoms with E-state index in [1.165, 1.54) is 31.2 Å². The summed E-state index contributed by atoms with van der Waals surface area (Å²) < 4.78 is 13.8. The van der Waals surface area contributed by atoms with Crippen molar-refractivity contribution < 1.29 is 4.39 Å². The molecule has 2 rings (SSSR count). The average Bonchev–Trinajstić information content (AvgIpc) is 2.28. The minimum atomic E-state index is -0.186. The second kappa shape index (κ2) is 7.01. The number of hydrogen-bond donors (Lipinski definition) is 0. The van der Waals surface area contributed by atoms with Crippen LogP contribution in [0.1, 0.15) is 31.2 Å². The van der Waals surface area contributed by atoms with Gasteiger partial charge in [0.05, 0.1) is 4.47 Å². The third kappa shape index (κ3) is 3.78. The molecule has 1 aliphatic rings. The Balaban J connectivity index is 1.99. The van der Waals surface area contributed by atoms with Crippen LogP contribution in [0.3, 0.4) is 0 Å². The van der Waals surface area contributed by atoms with Gasteiger partial charge < -0.3 is 0 Å². The normalized spacial score (nSPS) is 16.0. The topological polar surface area (TPSA) is 3.24 Å². The number of halogens is 3. The Kier molecular flexibility index (Phi) is 5.64. The first kappa shape index (κ1) is 14.5. The van der Waals surface area contributed by atoms with Crippen LogP contribution in [0.5, 0.6) is 0 Å². The first-order chi connectivity index (χ1) is 8.70. The lowest BCUT2D eigenvalue weighted by Crippen LogP contribution is -2.40. The second-order valence-corrected chi connectivity index (χ2v) is 6.49. The molecule has 1 aromatic carbocycles. The van der Waals surface area contributed by atoms with E-state index < -0.39 is 0 Å². The van der Waals surface area contributed by atoms with E-state index in [0.29, 0.717) is 4.47 Å². The molecule has 1 saturated carbocycles. The van der Waals surface area contributed by atoms with Crippen molar-refractivity contribution in [3.8, 4) is 0 Å². The predicted octanol–water partition coefficient (Wildman–Crippen LogP) is 4.73. The van der Waals surface area contributed by atoms with Crippen molar-refractivity contribution >= 4 is 31.9 Å². The van der Waals surface area contributed by atoms with Crippen molar-refractivity contribution in [1.29, 1.82) is 0 Å². The maximum atomic E-state index is 13.2. The Morgan fingerprint density at radius 1 is 1.33 bits per heavy atom. The highest BCUT2D eigenvalue weighted by atomic mass is 79.9. The minimum Gasteiger partial charge on any atom is -0.296 e. The number of nitrogens with zero attached hydrogens (tertiary/aromatic N) is 1. The molecular formula is C14H18Br2FN. The van der Waals surface area contributed by atoms with Crippen LogP contribution in [0, 0.1) is 5.82 Å². The molecule has 0 N–H and O–H groups in total. The Morgan fingerprint density at radius 2 is 2.11 bits per heavy atom. The highest BCUT2D eigenvalue weighted by molar-refractivity contribution is 9.10. The molecule has 18 heavy (non-hydrogen) atoms. The average molecular weight is 379 g/mol. The van der Waals surface area contributed by atoms with Gasteiger partial charge in [0.15, 0.2) is 0 Å². The van der Waals surface area contributed by atoms with Crippen LogP contribution in [0.25, 0.3) is 0 Å². The molecule has 0 aliphatic heterocycles. The molecule has 1 fully saturated rings. The Hall–Kier alpha value is 0.0700. The highest BCUT2D eigenvalue weighted by Gasteiger charge is 2.24. The summed E-state index contributed by atoms with van der Waals surface area (Å²) in [6.45, 7) is 2.04. The maximum Gasteiger partial charge on any atom is 0.137 e. The third-order valence-electron chi connectivity index (χ3n) is 3.54. The summed E-state index contributed by atoms with van der Waals surface area (Å²) in [6, 6.07) is 6.06. The molecule has 1 aliphatic carbocycles. The smallest absolute Gasteiger partial charge is 0.137 e. The van der Waals surface area contributed by atoms with Crippen LogP contribution in [-0.2, 0) is 6.54 Å². The summed E-state index contributed by atoms with van der Waals surface area (Å²) in [4.78, 5) is 2.53. The van der Waals surface area contributed by atoms with Crippen LogP contribution in [-0.4, -0.2) is 22.8 Å². The van der Waals surface area contributed by atoms with Gasteiger partial charge in [-0.2, -0.15) is 0 Å². The molecule has 0 unspecified atom stereocenters.